The van der Waals surface area contributed by atoms with E-state index in [1.165, 1.54) is 12.1 Å². The lowest BCUT2D eigenvalue weighted by molar-refractivity contribution is -0.131. The summed E-state index contributed by atoms with van der Waals surface area (Å²) in [6.45, 7) is 2.69. The molecule has 0 radical (unpaired) electrons. The van der Waals surface area contributed by atoms with Crippen molar-refractivity contribution in [2.75, 3.05) is 31.1 Å². The number of nitrogens with zero attached hydrogens (tertiary/aromatic N) is 4. The number of piperazine rings is 1. The molecule has 1 saturated heterocycles. The van der Waals surface area contributed by atoms with E-state index in [9.17, 15) is 9.18 Å². The molecule has 1 aliphatic rings. The van der Waals surface area contributed by atoms with E-state index in [-0.39, 0.29) is 11.7 Å². The van der Waals surface area contributed by atoms with Crippen molar-refractivity contribution in [3.8, 4) is 11.4 Å². The van der Waals surface area contributed by atoms with Gasteiger partial charge in [-0.1, -0.05) is 28.9 Å². The second kappa shape index (κ2) is 8.61. The minimum atomic E-state index is -0.249. The van der Waals surface area contributed by atoms with E-state index in [2.05, 4.69) is 15.0 Å². The Balaban J connectivity index is 1.29. The minimum Gasteiger partial charge on any atom is -0.368 e. The molecule has 4 rings (SSSR count). The zero-order valence-electron chi connectivity index (χ0n) is 15.7. The van der Waals surface area contributed by atoms with Crippen LogP contribution in [0.25, 0.3) is 11.4 Å². The van der Waals surface area contributed by atoms with Crippen LogP contribution < -0.4 is 4.90 Å². The number of halogens is 2. The number of hydrogen-bond acceptors (Lipinski definition) is 5. The molecule has 0 atom stereocenters. The van der Waals surface area contributed by atoms with Crippen LogP contribution in [-0.4, -0.2) is 47.1 Å². The van der Waals surface area contributed by atoms with Crippen molar-refractivity contribution in [3.05, 3.63) is 65.3 Å². The largest absolute Gasteiger partial charge is 0.368 e. The van der Waals surface area contributed by atoms with E-state index in [0.29, 0.717) is 61.3 Å². The van der Waals surface area contributed by atoms with E-state index < -0.39 is 0 Å². The number of carbonyl (C=O) groups excluding carboxylic acids is 1. The van der Waals surface area contributed by atoms with Gasteiger partial charge in [-0.2, -0.15) is 4.98 Å². The monoisotopic (exact) mass is 414 g/mol. The maximum Gasteiger partial charge on any atom is 0.227 e. The smallest absolute Gasteiger partial charge is 0.227 e. The van der Waals surface area contributed by atoms with Gasteiger partial charge in [-0.3, -0.25) is 4.79 Å². The number of carbonyl (C=O) groups is 1. The summed E-state index contributed by atoms with van der Waals surface area (Å²) in [5.41, 5.74) is 1.67. The first kappa shape index (κ1) is 19.4. The van der Waals surface area contributed by atoms with Gasteiger partial charge in [-0.25, -0.2) is 4.39 Å². The summed E-state index contributed by atoms with van der Waals surface area (Å²) in [4.78, 5) is 20.9. The van der Waals surface area contributed by atoms with Crippen LogP contribution in [0.5, 0.6) is 0 Å². The molecule has 1 amide bonds. The molecule has 1 aliphatic heterocycles. The number of aromatic nitrogens is 2. The third kappa shape index (κ3) is 4.56. The SMILES string of the molecule is O=C(CCc1nc(-c2ccccc2Cl)no1)N1CCN(c2ccc(F)cc2)CC1. The first-order valence-corrected chi connectivity index (χ1v) is 9.84. The normalized spacial score (nSPS) is 14.3. The lowest BCUT2D eigenvalue weighted by Gasteiger charge is -2.36. The van der Waals surface area contributed by atoms with Gasteiger partial charge in [-0.15, -0.1) is 0 Å². The van der Waals surface area contributed by atoms with E-state index in [1.54, 1.807) is 18.2 Å². The maximum absolute atomic E-state index is 13.1. The number of aryl methyl sites for hydroxylation is 1. The van der Waals surface area contributed by atoms with Crippen LogP contribution in [0.15, 0.2) is 53.1 Å². The fourth-order valence-electron chi connectivity index (χ4n) is 3.35. The minimum absolute atomic E-state index is 0.0567. The van der Waals surface area contributed by atoms with Crippen molar-refractivity contribution in [2.24, 2.45) is 0 Å². The summed E-state index contributed by atoms with van der Waals surface area (Å²) in [7, 11) is 0. The fourth-order valence-corrected chi connectivity index (χ4v) is 3.57. The third-order valence-electron chi connectivity index (χ3n) is 4.96. The van der Waals surface area contributed by atoms with Crippen LogP contribution in [0.1, 0.15) is 12.3 Å². The zero-order valence-corrected chi connectivity index (χ0v) is 16.5. The average Bonchev–Trinajstić information content (AvgIpc) is 3.22. The molecule has 0 saturated carbocycles. The van der Waals surface area contributed by atoms with E-state index in [0.717, 1.165) is 5.69 Å². The number of anilines is 1. The van der Waals surface area contributed by atoms with E-state index in [1.807, 2.05) is 23.1 Å². The Hall–Kier alpha value is -2.93. The number of benzene rings is 2. The molecule has 0 N–H and O–H groups in total. The standard InChI is InChI=1S/C21H20ClFN4O2/c22-18-4-2-1-3-17(18)21-24-19(29-25-21)9-10-20(28)27-13-11-26(12-14-27)16-7-5-15(23)6-8-16/h1-8H,9-14H2. The molecule has 1 aromatic heterocycles. The predicted molar refractivity (Wildman–Crippen MR) is 108 cm³/mol. The van der Waals surface area contributed by atoms with Crippen LogP contribution in [0, 0.1) is 5.82 Å². The molecule has 29 heavy (non-hydrogen) atoms. The Morgan fingerprint density at radius 3 is 2.52 bits per heavy atom. The highest BCUT2D eigenvalue weighted by atomic mass is 35.5. The maximum atomic E-state index is 13.1. The lowest BCUT2D eigenvalue weighted by atomic mass is 10.2. The highest BCUT2D eigenvalue weighted by Gasteiger charge is 2.22. The van der Waals surface area contributed by atoms with Crippen LogP contribution in [0.2, 0.25) is 5.02 Å². The van der Waals surface area contributed by atoms with Gasteiger partial charge in [-0.05, 0) is 36.4 Å². The second-order valence-electron chi connectivity index (χ2n) is 6.84. The summed E-state index contributed by atoms with van der Waals surface area (Å²) < 4.78 is 18.3. The molecule has 0 spiro atoms. The average molecular weight is 415 g/mol. The summed E-state index contributed by atoms with van der Waals surface area (Å²) >= 11 is 6.16. The number of amides is 1. The Kier molecular flexibility index (Phi) is 5.76. The Bertz CT molecular complexity index is 984. The van der Waals surface area contributed by atoms with Gasteiger partial charge in [0.25, 0.3) is 0 Å². The van der Waals surface area contributed by atoms with Crippen LogP contribution in [0.4, 0.5) is 10.1 Å². The van der Waals surface area contributed by atoms with Crippen LogP contribution in [-0.2, 0) is 11.2 Å². The summed E-state index contributed by atoms with van der Waals surface area (Å²) in [6, 6.07) is 13.7. The highest BCUT2D eigenvalue weighted by molar-refractivity contribution is 6.33. The van der Waals surface area contributed by atoms with E-state index >= 15 is 0 Å². The van der Waals surface area contributed by atoms with Gasteiger partial charge in [0.1, 0.15) is 5.82 Å². The molecule has 6 nitrogen and oxygen atoms in total. The van der Waals surface area contributed by atoms with Gasteiger partial charge >= 0.3 is 0 Å². The summed E-state index contributed by atoms with van der Waals surface area (Å²) in [6.07, 6.45) is 0.690. The molecule has 8 heteroatoms. The van der Waals surface area contributed by atoms with Crippen molar-refractivity contribution in [1.82, 2.24) is 15.0 Å². The number of hydrogen-bond donors (Lipinski definition) is 0. The predicted octanol–water partition coefficient (Wildman–Crippen LogP) is 3.81. The topological polar surface area (TPSA) is 62.5 Å². The quantitative estimate of drug-likeness (QED) is 0.635. The Morgan fingerprint density at radius 2 is 1.79 bits per heavy atom. The van der Waals surface area contributed by atoms with Crippen molar-refractivity contribution in [2.45, 2.75) is 12.8 Å². The van der Waals surface area contributed by atoms with Gasteiger partial charge in [0.2, 0.25) is 17.6 Å². The Labute approximate surface area is 172 Å². The van der Waals surface area contributed by atoms with Crippen molar-refractivity contribution >= 4 is 23.2 Å². The molecular formula is C21H20ClFN4O2. The van der Waals surface area contributed by atoms with Crippen molar-refractivity contribution in [3.63, 3.8) is 0 Å². The molecule has 0 aliphatic carbocycles. The van der Waals surface area contributed by atoms with Crippen LogP contribution in [0.3, 0.4) is 0 Å². The first-order valence-electron chi connectivity index (χ1n) is 9.46. The zero-order chi connectivity index (χ0) is 20.2. The molecule has 0 bridgehead atoms. The van der Waals surface area contributed by atoms with Crippen molar-refractivity contribution < 1.29 is 13.7 Å². The lowest BCUT2D eigenvalue weighted by Crippen LogP contribution is -2.48. The molecule has 150 valence electrons. The fraction of sp³-hybridized carbons (Fsp3) is 0.286. The van der Waals surface area contributed by atoms with Gasteiger partial charge in [0.05, 0.1) is 5.02 Å². The summed E-state index contributed by atoms with van der Waals surface area (Å²) in [5, 5.41) is 4.51. The number of rotatable bonds is 5. The van der Waals surface area contributed by atoms with Crippen molar-refractivity contribution in [1.29, 1.82) is 0 Å². The molecule has 2 aromatic carbocycles. The molecule has 1 fully saturated rings. The van der Waals surface area contributed by atoms with Gasteiger partial charge < -0.3 is 14.3 Å². The van der Waals surface area contributed by atoms with Gasteiger partial charge in [0, 0.05) is 50.3 Å². The van der Waals surface area contributed by atoms with Crippen LogP contribution >= 0.6 is 11.6 Å². The molecular weight excluding hydrogens is 395 g/mol. The van der Waals surface area contributed by atoms with E-state index in [4.69, 9.17) is 16.1 Å². The Morgan fingerprint density at radius 1 is 1.07 bits per heavy atom. The second-order valence-corrected chi connectivity index (χ2v) is 7.24. The third-order valence-corrected chi connectivity index (χ3v) is 5.29. The highest BCUT2D eigenvalue weighted by Crippen LogP contribution is 2.25. The summed E-state index contributed by atoms with van der Waals surface area (Å²) in [5.74, 6) is 0.645. The van der Waals surface area contributed by atoms with Gasteiger partial charge in [0.15, 0.2) is 0 Å². The first-order chi connectivity index (χ1) is 14.1. The molecule has 2 heterocycles. The molecule has 0 unspecified atom stereocenters. The molecule has 3 aromatic rings.